The van der Waals surface area contributed by atoms with Gasteiger partial charge in [-0.05, 0) is 6.92 Å². The molecule has 0 aromatic carbocycles. The van der Waals surface area contributed by atoms with Crippen LogP contribution in [0.15, 0.2) is 11.9 Å². The van der Waals surface area contributed by atoms with Crippen molar-refractivity contribution in [2.24, 2.45) is 0 Å². The molecule has 0 aromatic heterocycles. The van der Waals surface area contributed by atoms with Crippen LogP contribution in [0, 0.1) is 0 Å². The van der Waals surface area contributed by atoms with E-state index in [9.17, 15) is 13.2 Å². The van der Waals surface area contributed by atoms with Gasteiger partial charge in [0.2, 0.25) is 0 Å². The van der Waals surface area contributed by atoms with Crippen LogP contribution in [-0.2, 0) is 0 Å². The van der Waals surface area contributed by atoms with Gasteiger partial charge in [-0.25, -0.2) is 0 Å². The molecule has 1 rings (SSSR count). The van der Waals surface area contributed by atoms with Crippen LogP contribution in [-0.4, -0.2) is 17.9 Å². The zero-order chi connectivity index (χ0) is 7.78. The molecule has 1 aliphatic rings. The van der Waals surface area contributed by atoms with Gasteiger partial charge in [0.15, 0.2) is 0 Å². The SMILES string of the molecule is CC1=CNCN1C(F)(F)F. The molecule has 0 aromatic rings. The number of nitrogens with one attached hydrogen (secondary N) is 1. The van der Waals surface area contributed by atoms with Gasteiger partial charge in [0, 0.05) is 11.9 Å². The Morgan fingerprint density at radius 1 is 1.60 bits per heavy atom. The van der Waals surface area contributed by atoms with Crippen LogP contribution in [0.1, 0.15) is 6.92 Å². The maximum Gasteiger partial charge on any atom is 0.486 e. The van der Waals surface area contributed by atoms with Gasteiger partial charge >= 0.3 is 6.30 Å². The lowest BCUT2D eigenvalue weighted by atomic mass is 10.5. The summed E-state index contributed by atoms with van der Waals surface area (Å²) in [6.07, 6.45) is -2.91. The minimum absolute atomic E-state index is 0.171. The lowest BCUT2D eigenvalue weighted by Crippen LogP contribution is -2.36. The van der Waals surface area contributed by atoms with Crippen LogP contribution in [0.2, 0.25) is 0 Å². The molecule has 0 spiro atoms. The van der Waals surface area contributed by atoms with E-state index in [1.165, 1.54) is 13.1 Å². The highest BCUT2D eigenvalue weighted by atomic mass is 19.4. The van der Waals surface area contributed by atoms with Gasteiger partial charge in [-0.1, -0.05) is 0 Å². The van der Waals surface area contributed by atoms with Crippen molar-refractivity contribution in [1.82, 2.24) is 10.2 Å². The summed E-state index contributed by atoms with van der Waals surface area (Å²) in [4.78, 5) is 0.340. The Labute approximate surface area is 56.3 Å². The first-order valence-corrected chi connectivity index (χ1v) is 2.76. The Morgan fingerprint density at radius 3 is 2.40 bits per heavy atom. The lowest BCUT2D eigenvalue weighted by molar-refractivity contribution is -0.229. The summed E-state index contributed by atoms with van der Waals surface area (Å²) in [5, 5.41) is 2.47. The molecule has 0 bridgehead atoms. The molecule has 2 nitrogen and oxygen atoms in total. The summed E-state index contributed by atoms with van der Waals surface area (Å²) in [6.45, 7) is 1.24. The van der Waals surface area contributed by atoms with E-state index >= 15 is 0 Å². The second-order valence-corrected chi connectivity index (χ2v) is 2.04. The molecule has 1 heterocycles. The van der Waals surface area contributed by atoms with Crippen molar-refractivity contribution in [2.75, 3.05) is 6.67 Å². The number of hydrogen-bond donors (Lipinski definition) is 1. The summed E-state index contributed by atoms with van der Waals surface area (Å²) in [5.74, 6) is 0. The average molecular weight is 152 g/mol. The Morgan fingerprint density at radius 2 is 2.20 bits per heavy atom. The number of allylic oxidation sites excluding steroid dienone is 1. The molecule has 1 aliphatic heterocycles. The van der Waals surface area contributed by atoms with Crippen molar-refractivity contribution in [1.29, 1.82) is 0 Å². The fourth-order valence-electron chi connectivity index (χ4n) is 0.777. The predicted octanol–water partition coefficient (Wildman–Crippen LogP) is 1.23. The third-order valence-electron chi connectivity index (χ3n) is 1.29. The van der Waals surface area contributed by atoms with Crippen LogP contribution in [0.5, 0.6) is 0 Å². The van der Waals surface area contributed by atoms with Gasteiger partial charge in [0.1, 0.15) is 0 Å². The Hall–Kier alpha value is -0.870. The standard InChI is InChI=1S/C5H7F3N2/c1-4-2-9-3-10(4)5(6,7)8/h2,9H,3H2,1H3. The molecule has 10 heavy (non-hydrogen) atoms. The second kappa shape index (κ2) is 2.07. The number of nitrogens with zero attached hydrogens (tertiary/aromatic N) is 1. The van der Waals surface area contributed by atoms with Crippen molar-refractivity contribution < 1.29 is 13.2 Å². The average Bonchev–Trinajstić information content (AvgIpc) is 2.11. The molecule has 0 saturated carbocycles. The monoisotopic (exact) mass is 152 g/mol. The first kappa shape index (κ1) is 7.24. The van der Waals surface area contributed by atoms with E-state index in [2.05, 4.69) is 5.32 Å². The van der Waals surface area contributed by atoms with Gasteiger partial charge in [-0.2, -0.15) is 13.2 Å². The first-order valence-electron chi connectivity index (χ1n) is 2.76. The molecule has 0 saturated heterocycles. The summed E-state index contributed by atoms with van der Waals surface area (Å²) < 4.78 is 35.6. The minimum atomic E-state index is -4.25. The molecular weight excluding hydrogens is 145 g/mol. The number of rotatable bonds is 0. The maximum absolute atomic E-state index is 11.9. The second-order valence-electron chi connectivity index (χ2n) is 2.04. The molecule has 5 heteroatoms. The third kappa shape index (κ3) is 1.17. The molecule has 0 unspecified atom stereocenters. The first-order chi connectivity index (χ1) is 4.52. The van der Waals surface area contributed by atoms with Gasteiger partial charge in [-0.15, -0.1) is 0 Å². The molecule has 0 atom stereocenters. The topological polar surface area (TPSA) is 15.3 Å². The summed E-state index contributed by atoms with van der Waals surface area (Å²) in [5.41, 5.74) is 0.201. The Balaban J connectivity index is 2.67. The number of alkyl halides is 3. The van der Waals surface area contributed by atoms with Crippen LogP contribution in [0.3, 0.4) is 0 Å². The van der Waals surface area contributed by atoms with Crippen molar-refractivity contribution in [3.8, 4) is 0 Å². The van der Waals surface area contributed by atoms with E-state index < -0.39 is 6.30 Å². The van der Waals surface area contributed by atoms with Crippen molar-refractivity contribution in [2.45, 2.75) is 13.2 Å². The third-order valence-corrected chi connectivity index (χ3v) is 1.29. The molecule has 0 fully saturated rings. The van der Waals surface area contributed by atoms with Crippen LogP contribution < -0.4 is 5.32 Å². The molecule has 0 aliphatic carbocycles. The minimum Gasteiger partial charge on any atom is -0.372 e. The Bertz CT molecular complexity index is 161. The van der Waals surface area contributed by atoms with Gasteiger partial charge < -0.3 is 5.32 Å². The summed E-state index contributed by atoms with van der Waals surface area (Å²) in [6, 6.07) is 0. The quantitative estimate of drug-likeness (QED) is 0.525. The molecule has 1 N–H and O–H groups in total. The molecule has 58 valence electrons. The fraction of sp³-hybridized carbons (Fsp3) is 0.600. The van der Waals surface area contributed by atoms with E-state index in [-0.39, 0.29) is 12.4 Å². The molecule has 0 radical (unpaired) electrons. The van der Waals surface area contributed by atoms with Gasteiger partial charge in [0.25, 0.3) is 0 Å². The van der Waals surface area contributed by atoms with Crippen LogP contribution >= 0.6 is 0 Å². The highest BCUT2D eigenvalue weighted by molar-refractivity contribution is 5.02. The lowest BCUT2D eigenvalue weighted by Gasteiger charge is -2.21. The number of hydrogen-bond acceptors (Lipinski definition) is 2. The molecule has 0 amide bonds. The molecular formula is C5H7F3N2. The van der Waals surface area contributed by atoms with E-state index in [4.69, 9.17) is 0 Å². The van der Waals surface area contributed by atoms with E-state index in [0.717, 1.165) is 0 Å². The largest absolute Gasteiger partial charge is 0.486 e. The van der Waals surface area contributed by atoms with Crippen molar-refractivity contribution in [3.05, 3.63) is 11.9 Å². The van der Waals surface area contributed by atoms with E-state index in [1.807, 2.05) is 0 Å². The highest BCUT2D eigenvalue weighted by Crippen LogP contribution is 2.26. The fourth-order valence-corrected chi connectivity index (χ4v) is 0.777. The Kier molecular flexibility index (Phi) is 1.50. The van der Waals surface area contributed by atoms with Crippen LogP contribution in [0.25, 0.3) is 0 Å². The summed E-state index contributed by atoms with van der Waals surface area (Å²) >= 11 is 0. The van der Waals surface area contributed by atoms with Gasteiger partial charge in [-0.3, -0.25) is 4.90 Å². The predicted molar refractivity (Wildman–Crippen MR) is 29.7 cm³/mol. The highest BCUT2D eigenvalue weighted by Gasteiger charge is 2.38. The van der Waals surface area contributed by atoms with Crippen molar-refractivity contribution in [3.63, 3.8) is 0 Å². The number of halogens is 3. The smallest absolute Gasteiger partial charge is 0.372 e. The van der Waals surface area contributed by atoms with Gasteiger partial charge in [0.05, 0.1) is 6.67 Å². The zero-order valence-electron chi connectivity index (χ0n) is 5.37. The maximum atomic E-state index is 11.9. The van der Waals surface area contributed by atoms with Crippen molar-refractivity contribution >= 4 is 0 Å². The van der Waals surface area contributed by atoms with Crippen LogP contribution in [0.4, 0.5) is 13.2 Å². The summed E-state index contributed by atoms with van der Waals surface area (Å²) in [7, 11) is 0. The zero-order valence-corrected chi connectivity index (χ0v) is 5.37. The van der Waals surface area contributed by atoms with E-state index in [1.54, 1.807) is 0 Å². The van der Waals surface area contributed by atoms with E-state index in [0.29, 0.717) is 4.90 Å². The normalized spacial score (nSPS) is 18.8.